The topological polar surface area (TPSA) is 26.6 Å². The monoisotopic (exact) mass is 268 g/mol. The Bertz CT molecular complexity index is 506. The Morgan fingerprint density at radius 3 is 2.58 bits per heavy atom. The van der Waals surface area contributed by atoms with E-state index in [9.17, 15) is 0 Å². The van der Waals surface area contributed by atoms with Crippen molar-refractivity contribution in [3.8, 4) is 5.75 Å². The molecule has 1 aromatic heterocycles. The van der Waals surface area contributed by atoms with E-state index in [1.807, 2.05) is 18.3 Å². The number of hydrogen-bond donors (Lipinski definition) is 0. The average Bonchev–Trinajstić information content (AvgIpc) is 2.83. The van der Waals surface area contributed by atoms with Gasteiger partial charge in [0.05, 0.1) is 7.11 Å². The molecule has 3 nitrogen and oxygen atoms in total. The first-order valence-electron chi connectivity index (χ1n) is 6.59. The molecule has 0 aliphatic heterocycles. The summed E-state index contributed by atoms with van der Waals surface area (Å²) in [6.45, 7) is 7.70. The minimum Gasteiger partial charge on any atom is -0.660 e. The molecule has 0 aliphatic rings. The van der Waals surface area contributed by atoms with Gasteiger partial charge in [-0.3, -0.25) is 0 Å². The van der Waals surface area contributed by atoms with Gasteiger partial charge >= 0.3 is 29.6 Å². The smallest absolute Gasteiger partial charge is 0.660 e. The molecular weight excluding hydrogens is 247 g/mol. The van der Waals surface area contributed by atoms with Crippen molar-refractivity contribution >= 4 is 10.9 Å². The number of rotatable bonds is 6. The second-order valence-corrected chi connectivity index (χ2v) is 4.42. The van der Waals surface area contributed by atoms with Gasteiger partial charge in [-0.25, -0.2) is 0 Å². The van der Waals surface area contributed by atoms with Gasteiger partial charge in [-0.15, -0.1) is 0 Å². The van der Waals surface area contributed by atoms with E-state index < -0.39 is 0 Å². The second kappa shape index (κ2) is 7.95. The summed E-state index contributed by atoms with van der Waals surface area (Å²) in [5.74, 6) is 0.863. The molecule has 0 fully saturated rings. The van der Waals surface area contributed by atoms with E-state index >= 15 is 0 Å². The molecule has 0 N–H and O–H groups in total. The third kappa shape index (κ3) is 3.76. The van der Waals surface area contributed by atoms with E-state index in [0.29, 0.717) is 0 Å². The number of ether oxygens (including phenoxy) is 1. The van der Waals surface area contributed by atoms with Crippen LogP contribution < -0.4 is 39.3 Å². The molecular formula is C15H21N2NaO. The maximum absolute atomic E-state index is 5.34. The molecule has 0 saturated carbocycles. The third-order valence-electron chi connectivity index (χ3n) is 3.51. The molecule has 1 aromatic carbocycles. The van der Waals surface area contributed by atoms with Crippen LogP contribution in [0.2, 0.25) is 0 Å². The quantitative estimate of drug-likeness (QED) is 0.673. The van der Waals surface area contributed by atoms with Crippen molar-refractivity contribution in [2.45, 2.75) is 20.3 Å². The first-order chi connectivity index (χ1) is 8.80. The fourth-order valence-electron chi connectivity index (χ4n) is 2.31. The van der Waals surface area contributed by atoms with E-state index in [2.05, 4.69) is 29.8 Å². The summed E-state index contributed by atoms with van der Waals surface area (Å²) >= 11 is 0. The van der Waals surface area contributed by atoms with Crippen LogP contribution in [0.1, 0.15) is 19.4 Å². The zero-order valence-corrected chi connectivity index (χ0v) is 14.4. The largest absolute Gasteiger partial charge is 1.00 e. The number of para-hydroxylation sites is 1. The van der Waals surface area contributed by atoms with Crippen LogP contribution in [-0.4, -0.2) is 31.6 Å². The third-order valence-corrected chi connectivity index (χ3v) is 3.51. The first kappa shape index (κ1) is 16.6. The zero-order valence-electron chi connectivity index (χ0n) is 12.4. The molecule has 19 heavy (non-hydrogen) atoms. The van der Waals surface area contributed by atoms with Gasteiger partial charge in [-0.1, -0.05) is 37.1 Å². The standard InChI is InChI=1S/C15H21N2O.Na/c1-4-17(5-2)10-9-12-11-16-15-13(12)7-6-8-14(15)18-3;/h6-8,11H,4-5,9-10H2,1-3H3;/q-1;+1. The van der Waals surface area contributed by atoms with E-state index in [0.717, 1.165) is 37.3 Å². The number of hydrogen-bond acceptors (Lipinski definition) is 2. The van der Waals surface area contributed by atoms with Crippen molar-refractivity contribution in [1.82, 2.24) is 9.88 Å². The molecule has 1 heterocycles. The number of fused-ring (bicyclic) bond motifs is 1. The summed E-state index contributed by atoms with van der Waals surface area (Å²) in [6, 6.07) is 6.12. The Morgan fingerprint density at radius 1 is 1.21 bits per heavy atom. The first-order valence-corrected chi connectivity index (χ1v) is 6.59. The molecule has 0 unspecified atom stereocenters. The molecule has 2 rings (SSSR count). The van der Waals surface area contributed by atoms with E-state index in [1.54, 1.807) is 7.11 Å². The average molecular weight is 268 g/mol. The van der Waals surface area contributed by atoms with Crippen LogP contribution in [0.4, 0.5) is 0 Å². The number of aromatic nitrogens is 1. The van der Waals surface area contributed by atoms with Gasteiger partial charge in [0, 0.05) is 6.54 Å². The maximum atomic E-state index is 5.34. The van der Waals surface area contributed by atoms with Gasteiger partial charge in [0.2, 0.25) is 0 Å². The second-order valence-electron chi connectivity index (χ2n) is 4.42. The van der Waals surface area contributed by atoms with Crippen LogP contribution in [-0.2, 0) is 6.42 Å². The van der Waals surface area contributed by atoms with Gasteiger partial charge < -0.3 is 14.6 Å². The Morgan fingerprint density at radius 2 is 1.95 bits per heavy atom. The molecule has 0 radical (unpaired) electrons. The van der Waals surface area contributed by atoms with Crippen molar-refractivity contribution in [3.63, 3.8) is 0 Å². The van der Waals surface area contributed by atoms with E-state index in [4.69, 9.17) is 4.74 Å². The van der Waals surface area contributed by atoms with Gasteiger partial charge in [-0.05, 0) is 31.0 Å². The van der Waals surface area contributed by atoms with E-state index in [-0.39, 0.29) is 29.6 Å². The molecule has 0 atom stereocenters. The molecule has 0 amide bonds. The fraction of sp³-hybridized carbons (Fsp3) is 0.467. The van der Waals surface area contributed by atoms with E-state index in [1.165, 1.54) is 10.9 Å². The number of methoxy groups -OCH3 is 1. The normalized spacial score (nSPS) is 10.7. The predicted octanol–water partition coefficient (Wildman–Crippen LogP) is -0.306. The SMILES string of the molecule is CCN(CC)CCc1c[n-]c2c(OC)cccc12.[Na+]. The minimum absolute atomic E-state index is 0. The number of likely N-dealkylation sites (N-methyl/N-ethyl adjacent to an activating group) is 1. The van der Waals surface area contributed by atoms with Crippen LogP contribution in [0.5, 0.6) is 5.75 Å². The van der Waals surface area contributed by atoms with Crippen LogP contribution in [0.25, 0.3) is 10.9 Å². The molecule has 2 aromatic rings. The summed E-state index contributed by atoms with van der Waals surface area (Å²) in [6.07, 6.45) is 3.03. The summed E-state index contributed by atoms with van der Waals surface area (Å²) in [5.41, 5.74) is 2.30. The van der Waals surface area contributed by atoms with Gasteiger partial charge in [0.25, 0.3) is 0 Å². The predicted molar refractivity (Wildman–Crippen MR) is 75.3 cm³/mol. The van der Waals surface area contributed by atoms with Crippen molar-refractivity contribution < 1.29 is 34.3 Å². The minimum atomic E-state index is 0. The summed E-state index contributed by atoms with van der Waals surface area (Å²) < 4.78 is 5.34. The Hall–Kier alpha value is -0.480. The van der Waals surface area contributed by atoms with Crippen molar-refractivity contribution in [2.24, 2.45) is 0 Å². The number of benzene rings is 1. The van der Waals surface area contributed by atoms with Gasteiger partial charge in [0.15, 0.2) is 0 Å². The summed E-state index contributed by atoms with van der Waals surface area (Å²) in [5, 5.41) is 1.22. The maximum Gasteiger partial charge on any atom is 1.00 e. The molecule has 0 saturated heterocycles. The zero-order chi connectivity index (χ0) is 13.0. The van der Waals surface area contributed by atoms with Crippen LogP contribution >= 0.6 is 0 Å². The molecule has 98 valence electrons. The summed E-state index contributed by atoms with van der Waals surface area (Å²) in [4.78, 5) is 6.91. The van der Waals surface area contributed by atoms with Crippen molar-refractivity contribution in [2.75, 3.05) is 26.7 Å². The number of nitrogens with zero attached hydrogens (tertiary/aromatic N) is 2. The molecule has 0 spiro atoms. The van der Waals surface area contributed by atoms with Crippen LogP contribution in [0.15, 0.2) is 24.4 Å². The van der Waals surface area contributed by atoms with Crippen LogP contribution in [0, 0.1) is 0 Å². The Kier molecular flexibility index (Phi) is 6.94. The van der Waals surface area contributed by atoms with Gasteiger partial charge in [0.1, 0.15) is 5.75 Å². The van der Waals surface area contributed by atoms with Crippen molar-refractivity contribution in [3.05, 3.63) is 30.0 Å². The van der Waals surface area contributed by atoms with Gasteiger partial charge in [-0.2, -0.15) is 6.20 Å². The fourth-order valence-corrected chi connectivity index (χ4v) is 2.31. The molecule has 0 aliphatic carbocycles. The Labute approximate surface area is 137 Å². The van der Waals surface area contributed by atoms with Crippen LogP contribution in [0.3, 0.4) is 0 Å². The Balaban J connectivity index is 0.00000180. The van der Waals surface area contributed by atoms with Crippen molar-refractivity contribution in [1.29, 1.82) is 0 Å². The molecule has 0 bridgehead atoms. The molecule has 4 heteroatoms. The summed E-state index contributed by atoms with van der Waals surface area (Å²) in [7, 11) is 1.69.